The summed E-state index contributed by atoms with van der Waals surface area (Å²) in [6, 6.07) is 14.8. The van der Waals surface area contributed by atoms with E-state index in [1.165, 1.54) is 4.90 Å². The number of hydrogen-bond acceptors (Lipinski definition) is 4. The van der Waals surface area contributed by atoms with Gasteiger partial charge in [-0.25, -0.2) is 8.42 Å². The molecule has 0 unspecified atom stereocenters. The van der Waals surface area contributed by atoms with Crippen molar-refractivity contribution in [3.8, 4) is 0 Å². The predicted octanol–water partition coefficient (Wildman–Crippen LogP) is 3.58. The van der Waals surface area contributed by atoms with Gasteiger partial charge >= 0.3 is 0 Å². The van der Waals surface area contributed by atoms with Crippen molar-refractivity contribution in [2.75, 3.05) is 17.1 Å². The molecule has 0 bridgehead atoms. The molecule has 9 heteroatoms. The molecule has 1 atom stereocenters. The Morgan fingerprint density at radius 1 is 1.06 bits per heavy atom. The van der Waals surface area contributed by atoms with Gasteiger partial charge in [-0.1, -0.05) is 60.8 Å². The van der Waals surface area contributed by atoms with Crippen molar-refractivity contribution < 1.29 is 18.0 Å². The van der Waals surface area contributed by atoms with Crippen molar-refractivity contribution >= 4 is 39.1 Å². The van der Waals surface area contributed by atoms with E-state index in [1.807, 2.05) is 0 Å². The Labute approximate surface area is 200 Å². The van der Waals surface area contributed by atoms with Crippen LogP contribution < -0.4 is 9.62 Å². The van der Waals surface area contributed by atoms with Crippen LogP contribution in [0.25, 0.3) is 0 Å². The number of carbonyl (C=O) groups is 2. The number of carbonyl (C=O) groups excluding carboxylic acids is 2. The Bertz CT molecular complexity index is 1070. The van der Waals surface area contributed by atoms with E-state index in [0.29, 0.717) is 16.3 Å². The number of rotatable bonds is 9. The van der Waals surface area contributed by atoms with Gasteiger partial charge in [0.05, 0.1) is 11.9 Å². The Morgan fingerprint density at radius 3 is 2.27 bits per heavy atom. The van der Waals surface area contributed by atoms with Crippen molar-refractivity contribution in [3.05, 3.63) is 65.2 Å². The molecule has 1 fully saturated rings. The molecule has 2 aromatic carbocycles. The average molecular weight is 492 g/mol. The molecule has 178 valence electrons. The van der Waals surface area contributed by atoms with E-state index in [0.717, 1.165) is 36.2 Å². The first-order valence-electron chi connectivity index (χ1n) is 11.0. The zero-order valence-electron chi connectivity index (χ0n) is 18.9. The van der Waals surface area contributed by atoms with Gasteiger partial charge in [0, 0.05) is 17.6 Å². The predicted molar refractivity (Wildman–Crippen MR) is 130 cm³/mol. The standard InChI is InChI=1S/C24H30ClN3O4S/c1-18(24(30)26-20-11-7-8-12-20)27(16-19-10-6-9-15-22(19)25)23(29)17-28(33(2,31)32)21-13-4-3-5-14-21/h3-6,9-10,13-15,18,20H,7-8,11-12,16-17H2,1-2H3,(H,26,30)/t18-/m1/s1. The zero-order chi connectivity index (χ0) is 24.0. The molecule has 0 aliphatic heterocycles. The van der Waals surface area contributed by atoms with Crippen LogP contribution in [0.15, 0.2) is 54.6 Å². The first-order chi connectivity index (χ1) is 15.7. The molecular formula is C24H30ClN3O4S. The van der Waals surface area contributed by atoms with Crippen molar-refractivity contribution in [3.63, 3.8) is 0 Å². The molecule has 1 aliphatic rings. The Morgan fingerprint density at radius 2 is 1.67 bits per heavy atom. The number of sulfonamides is 1. The number of halogens is 1. The van der Waals surface area contributed by atoms with Crippen LogP contribution in [0.1, 0.15) is 38.2 Å². The molecule has 2 aromatic rings. The van der Waals surface area contributed by atoms with E-state index in [9.17, 15) is 18.0 Å². The summed E-state index contributed by atoms with van der Waals surface area (Å²) in [6.45, 7) is 1.32. The lowest BCUT2D eigenvalue weighted by molar-refractivity contribution is -0.139. The Kier molecular flexibility index (Phi) is 8.37. The third-order valence-electron chi connectivity index (χ3n) is 5.89. The lowest BCUT2D eigenvalue weighted by Crippen LogP contribution is -2.52. The van der Waals surface area contributed by atoms with Crippen LogP contribution in [-0.2, 0) is 26.2 Å². The first-order valence-corrected chi connectivity index (χ1v) is 13.3. The van der Waals surface area contributed by atoms with Gasteiger partial charge < -0.3 is 10.2 Å². The minimum Gasteiger partial charge on any atom is -0.352 e. The largest absolute Gasteiger partial charge is 0.352 e. The van der Waals surface area contributed by atoms with Crippen molar-refractivity contribution in [1.82, 2.24) is 10.2 Å². The monoisotopic (exact) mass is 491 g/mol. The van der Waals surface area contributed by atoms with Crippen LogP contribution >= 0.6 is 11.6 Å². The van der Waals surface area contributed by atoms with Gasteiger partial charge in [-0.3, -0.25) is 13.9 Å². The number of anilines is 1. The fourth-order valence-electron chi connectivity index (χ4n) is 3.99. The molecule has 2 amide bonds. The second-order valence-corrected chi connectivity index (χ2v) is 10.7. The first kappa shape index (κ1) is 25.1. The molecule has 7 nitrogen and oxygen atoms in total. The van der Waals surface area contributed by atoms with Gasteiger partial charge in [0.15, 0.2) is 0 Å². The molecular weight excluding hydrogens is 462 g/mol. The van der Waals surface area contributed by atoms with Crippen LogP contribution in [0, 0.1) is 0 Å². The van der Waals surface area contributed by atoms with Crippen molar-refractivity contribution in [1.29, 1.82) is 0 Å². The van der Waals surface area contributed by atoms with Crippen LogP contribution in [0.5, 0.6) is 0 Å². The second-order valence-electron chi connectivity index (χ2n) is 8.38. The van der Waals surface area contributed by atoms with E-state index in [1.54, 1.807) is 61.5 Å². The highest BCUT2D eigenvalue weighted by Crippen LogP contribution is 2.22. The lowest BCUT2D eigenvalue weighted by Gasteiger charge is -2.32. The number of amides is 2. The summed E-state index contributed by atoms with van der Waals surface area (Å²) in [7, 11) is -3.73. The quantitative estimate of drug-likeness (QED) is 0.580. The van der Waals surface area contributed by atoms with Gasteiger partial charge in [-0.2, -0.15) is 0 Å². The summed E-state index contributed by atoms with van der Waals surface area (Å²) in [5.74, 6) is -0.744. The normalized spacial score (nSPS) is 15.1. The number of para-hydroxylation sites is 1. The molecule has 0 heterocycles. The summed E-state index contributed by atoms with van der Waals surface area (Å²) in [5.41, 5.74) is 1.06. The summed E-state index contributed by atoms with van der Waals surface area (Å²) >= 11 is 6.32. The summed E-state index contributed by atoms with van der Waals surface area (Å²) in [6.07, 6.45) is 5.05. The topological polar surface area (TPSA) is 86.8 Å². The second kappa shape index (κ2) is 11.0. The van der Waals surface area contributed by atoms with Gasteiger partial charge in [0.1, 0.15) is 12.6 Å². The lowest BCUT2D eigenvalue weighted by atomic mass is 10.1. The fraction of sp³-hybridized carbons (Fsp3) is 0.417. The van der Waals surface area contributed by atoms with Gasteiger partial charge in [0.2, 0.25) is 21.8 Å². The van der Waals surface area contributed by atoms with E-state index >= 15 is 0 Å². The molecule has 3 rings (SSSR count). The highest BCUT2D eigenvalue weighted by molar-refractivity contribution is 7.92. The molecule has 0 aromatic heterocycles. The molecule has 1 N–H and O–H groups in total. The van der Waals surface area contributed by atoms with Gasteiger partial charge in [-0.15, -0.1) is 0 Å². The number of nitrogens with one attached hydrogen (secondary N) is 1. The van der Waals surface area contributed by atoms with Gasteiger partial charge in [0.25, 0.3) is 0 Å². The smallest absolute Gasteiger partial charge is 0.244 e. The highest BCUT2D eigenvalue weighted by atomic mass is 35.5. The van der Waals surface area contributed by atoms with Crippen LogP contribution in [0.2, 0.25) is 5.02 Å². The minimum absolute atomic E-state index is 0.0875. The van der Waals surface area contributed by atoms with Gasteiger partial charge in [-0.05, 0) is 43.5 Å². The molecule has 1 aliphatic carbocycles. The highest BCUT2D eigenvalue weighted by Gasteiger charge is 2.31. The molecule has 33 heavy (non-hydrogen) atoms. The third kappa shape index (κ3) is 6.71. The molecule has 0 spiro atoms. The zero-order valence-corrected chi connectivity index (χ0v) is 20.5. The maximum absolute atomic E-state index is 13.5. The minimum atomic E-state index is -3.73. The van der Waals surface area contributed by atoms with Crippen LogP contribution in [0.3, 0.4) is 0 Å². The molecule has 1 saturated carbocycles. The van der Waals surface area contributed by atoms with Crippen LogP contribution in [-0.4, -0.2) is 50.0 Å². The molecule has 0 saturated heterocycles. The maximum Gasteiger partial charge on any atom is 0.244 e. The van der Waals surface area contributed by atoms with Crippen molar-refractivity contribution in [2.24, 2.45) is 0 Å². The van der Waals surface area contributed by atoms with E-state index < -0.39 is 28.5 Å². The van der Waals surface area contributed by atoms with E-state index in [-0.39, 0.29) is 18.5 Å². The van der Waals surface area contributed by atoms with E-state index in [4.69, 9.17) is 11.6 Å². The Balaban J connectivity index is 1.87. The average Bonchev–Trinajstić information content (AvgIpc) is 3.29. The van der Waals surface area contributed by atoms with Crippen LogP contribution in [0.4, 0.5) is 5.69 Å². The molecule has 0 radical (unpaired) electrons. The summed E-state index contributed by atoms with van der Waals surface area (Å²) < 4.78 is 26.0. The number of hydrogen-bond donors (Lipinski definition) is 1. The number of nitrogens with zero attached hydrogens (tertiary/aromatic N) is 2. The SMILES string of the molecule is C[C@H](C(=O)NC1CCCC1)N(Cc1ccccc1Cl)C(=O)CN(c1ccccc1)S(C)(=O)=O. The van der Waals surface area contributed by atoms with E-state index in [2.05, 4.69) is 5.32 Å². The summed E-state index contributed by atoms with van der Waals surface area (Å²) in [5, 5.41) is 3.51. The summed E-state index contributed by atoms with van der Waals surface area (Å²) in [4.78, 5) is 27.9. The maximum atomic E-state index is 13.5. The Hall–Kier alpha value is -2.58. The third-order valence-corrected chi connectivity index (χ3v) is 7.40. The number of benzene rings is 2. The fourth-order valence-corrected chi connectivity index (χ4v) is 5.04. The van der Waals surface area contributed by atoms with Crippen molar-refractivity contribution in [2.45, 2.75) is 51.2 Å².